The van der Waals surface area contributed by atoms with Crippen molar-refractivity contribution in [2.45, 2.75) is 0 Å². The maximum absolute atomic E-state index is 12.9. The van der Waals surface area contributed by atoms with Crippen molar-refractivity contribution in [3.8, 4) is 11.8 Å². The quantitative estimate of drug-likeness (QED) is 0.788. The number of hydrogen-bond donors (Lipinski definition) is 0. The lowest BCUT2D eigenvalue weighted by molar-refractivity contribution is 0.112. The third-order valence-electron chi connectivity index (χ3n) is 1.88. The molecular weight excluding hydrogens is 247 g/mol. The largest absolute Gasteiger partial charge is 0.424 e. The van der Waals surface area contributed by atoms with Crippen molar-refractivity contribution in [2.24, 2.45) is 0 Å². The molecule has 6 heteroatoms. The Bertz CT molecular complexity index is 546. The third-order valence-corrected chi connectivity index (χ3v) is 2.17. The highest BCUT2D eigenvalue weighted by Gasteiger charge is 2.04. The Kier molecular flexibility index (Phi) is 3.30. The van der Waals surface area contributed by atoms with Gasteiger partial charge in [-0.3, -0.25) is 4.79 Å². The zero-order valence-corrected chi connectivity index (χ0v) is 9.19. The van der Waals surface area contributed by atoms with Crippen molar-refractivity contribution in [2.75, 3.05) is 0 Å². The molecule has 1 aromatic carbocycles. The van der Waals surface area contributed by atoms with Crippen molar-refractivity contribution in [1.82, 2.24) is 9.97 Å². The second kappa shape index (κ2) is 4.88. The van der Waals surface area contributed by atoms with Gasteiger partial charge in [-0.1, -0.05) is 11.6 Å². The van der Waals surface area contributed by atoms with E-state index in [4.69, 9.17) is 16.3 Å². The Hall–Kier alpha value is -2.01. The number of halogens is 2. The van der Waals surface area contributed by atoms with Crippen LogP contribution in [0.1, 0.15) is 10.4 Å². The predicted molar refractivity (Wildman–Crippen MR) is 58.9 cm³/mol. The Morgan fingerprint density at radius 1 is 1.29 bits per heavy atom. The molecule has 86 valence electrons. The first-order chi connectivity index (χ1) is 8.19. The van der Waals surface area contributed by atoms with Crippen LogP contribution >= 0.6 is 11.6 Å². The average molecular weight is 253 g/mol. The lowest BCUT2D eigenvalue weighted by atomic mass is 10.3. The van der Waals surface area contributed by atoms with Crippen molar-refractivity contribution in [3.05, 3.63) is 47.0 Å². The Balaban J connectivity index is 2.19. The number of benzene rings is 1. The normalized spacial score (nSPS) is 10.0. The molecule has 0 aliphatic carbocycles. The van der Waals surface area contributed by atoms with Gasteiger partial charge in [-0.15, -0.1) is 0 Å². The molecule has 0 amide bonds. The van der Waals surface area contributed by atoms with E-state index in [-0.39, 0.29) is 11.0 Å². The summed E-state index contributed by atoms with van der Waals surface area (Å²) >= 11 is 5.59. The molecule has 1 aromatic heterocycles. The second-order valence-electron chi connectivity index (χ2n) is 3.09. The summed E-state index contributed by atoms with van der Waals surface area (Å²) in [5.74, 6) is -0.216. The van der Waals surface area contributed by atoms with Crippen LogP contribution in [0.4, 0.5) is 4.39 Å². The van der Waals surface area contributed by atoms with Crippen LogP contribution in [-0.4, -0.2) is 16.3 Å². The van der Waals surface area contributed by atoms with Crippen molar-refractivity contribution in [3.63, 3.8) is 0 Å². The maximum atomic E-state index is 12.9. The van der Waals surface area contributed by atoms with E-state index in [0.717, 1.165) is 0 Å². The summed E-state index contributed by atoms with van der Waals surface area (Å²) in [6.45, 7) is 0. The van der Waals surface area contributed by atoms with Gasteiger partial charge in [-0.05, 0) is 12.1 Å². The minimum atomic E-state index is -0.531. The van der Waals surface area contributed by atoms with Crippen LogP contribution in [0.25, 0.3) is 0 Å². The minimum Gasteiger partial charge on any atom is -0.424 e. The van der Waals surface area contributed by atoms with Crippen LogP contribution < -0.4 is 4.74 Å². The van der Waals surface area contributed by atoms with Gasteiger partial charge in [0.25, 0.3) is 0 Å². The summed E-state index contributed by atoms with van der Waals surface area (Å²) in [6.07, 6.45) is 3.26. The summed E-state index contributed by atoms with van der Waals surface area (Å²) in [5.41, 5.74) is 0.342. The van der Waals surface area contributed by atoms with Crippen molar-refractivity contribution in [1.29, 1.82) is 0 Å². The van der Waals surface area contributed by atoms with Gasteiger partial charge in [0.05, 0.1) is 10.6 Å². The zero-order valence-electron chi connectivity index (χ0n) is 8.43. The fraction of sp³-hybridized carbons (Fsp3) is 0. The third kappa shape index (κ3) is 2.76. The Morgan fingerprint density at radius 3 is 2.59 bits per heavy atom. The number of aldehydes is 1. The number of carbonyl (C=O) groups excluding carboxylic acids is 1. The van der Waals surface area contributed by atoms with E-state index in [1.165, 1.54) is 30.6 Å². The van der Waals surface area contributed by atoms with Gasteiger partial charge in [0.2, 0.25) is 0 Å². The SMILES string of the molecule is O=Cc1cnc(Oc2ccc(F)c(Cl)c2)nc1. The molecule has 2 rings (SSSR count). The van der Waals surface area contributed by atoms with Gasteiger partial charge in [-0.2, -0.15) is 0 Å². The fourth-order valence-corrected chi connectivity index (χ4v) is 1.26. The number of ether oxygens (including phenoxy) is 1. The maximum Gasteiger partial charge on any atom is 0.321 e. The van der Waals surface area contributed by atoms with E-state index < -0.39 is 5.82 Å². The molecular formula is C11H6ClFN2O2. The first-order valence-corrected chi connectivity index (χ1v) is 4.97. The van der Waals surface area contributed by atoms with Gasteiger partial charge in [0.15, 0.2) is 6.29 Å². The summed E-state index contributed by atoms with van der Waals surface area (Å²) in [4.78, 5) is 18.0. The molecule has 0 saturated carbocycles. The van der Waals surface area contributed by atoms with Crippen molar-refractivity contribution >= 4 is 17.9 Å². The molecule has 4 nitrogen and oxygen atoms in total. The fourth-order valence-electron chi connectivity index (χ4n) is 1.09. The van der Waals surface area contributed by atoms with Crippen LogP contribution in [0.2, 0.25) is 5.02 Å². The highest BCUT2D eigenvalue weighted by molar-refractivity contribution is 6.30. The Labute approximate surface area is 101 Å². The van der Waals surface area contributed by atoms with Crippen LogP contribution in [-0.2, 0) is 0 Å². The van der Waals surface area contributed by atoms with Gasteiger partial charge in [-0.25, -0.2) is 14.4 Å². The minimum absolute atomic E-state index is 0.0491. The second-order valence-corrected chi connectivity index (χ2v) is 3.50. The van der Waals surface area contributed by atoms with E-state index in [1.54, 1.807) is 0 Å². The molecule has 1 heterocycles. The molecule has 0 N–H and O–H groups in total. The number of carbonyl (C=O) groups is 1. The van der Waals surface area contributed by atoms with Crippen LogP contribution in [0.5, 0.6) is 11.8 Å². The summed E-state index contributed by atoms with van der Waals surface area (Å²) in [5, 5.41) is -0.0491. The molecule has 0 fully saturated rings. The monoisotopic (exact) mass is 252 g/mol. The van der Waals surface area contributed by atoms with E-state index in [2.05, 4.69) is 9.97 Å². The lowest BCUT2D eigenvalue weighted by Gasteiger charge is -2.03. The summed E-state index contributed by atoms with van der Waals surface area (Å²) < 4.78 is 18.1. The van der Waals surface area contributed by atoms with Crippen molar-refractivity contribution < 1.29 is 13.9 Å². The van der Waals surface area contributed by atoms with Gasteiger partial charge < -0.3 is 4.74 Å². The standard InChI is InChI=1S/C11H6ClFN2O2/c12-9-3-8(1-2-10(9)13)17-11-14-4-7(6-16)5-15-11/h1-6H. The smallest absolute Gasteiger partial charge is 0.321 e. The predicted octanol–water partition coefficient (Wildman–Crippen LogP) is 2.87. The van der Waals surface area contributed by atoms with Crippen LogP contribution in [0.3, 0.4) is 0 Å². The van der Waals surface area contributed by atoms with E-state index in [1.807, 2.05) is 0 Å². The first-order valence-electron chi connectivity index (χ1n) is 4.59. The number of rotatable bonds is 3. The molecule has 0 aliphatic rings. The average Bonchev–Trinajstić information content (AvgIpc) is 2.35. The highest BCUT2D eigenvalue weighted by atomic mass is 35.5. The molecule has 17 heavy (non-hydrogen) atoms. The van der Waals surface area contributed by atoms with Crippen LogP contribution in [0, 0.1) is 5.82 Å². The summed E-state index contributed by atoms with van der Waals surface area (Å²) in [6, 6.07) is 3.95. The highest BCUT2D eigenvalue weighted by Crippen LogP contribution is 2.23. The number of aromatic nitrogens is 2. The molecule has 0 unspecified atom stereocenters. The molecule has 0 atom stereocenters. The number of hydrogen-bond acceptors (Lipinski definition) is 4. The summed E-state index contributed by atoms with van der Waals surface area (Å²) in [7, 11) is 0. The van der Waals surface area contributed by atoms with Gasteiger partial charge in [0, 0.05) is 18.5 Å². The lowest BCUT2D eigenvalue weighted by Crippen LogP contribution is -1.93. The molecule has 0 spiro atoms. The topological polar surface area (TPSA) is 52.1 Å². The number of nitrogens with zero attached hydrogens (tertiary/aromatic N) is 2. The van der Waals surface area contributed by atoms with E-state index in [0.29, 0.717) is 17.6 Å². The molecule has 0 saturated heterocycles. The molecule has 0 aliphatic heterocycles. The zero-order chi connectivity index (χ0) is 12.3. The van der Waals surface area contributed by atoms with Gasteiger partial charge in [0.1, 0.15) is 11.6 Å². The molecule has 0 bridgehead atoms. The van der Waals surface area contributed by atoms with Gasteiger partial charge >= 0.3 is 6.01 Å². The van der Waals surface area contributed by atoms with E-state index >= 15 is 0 Å². The Morgan fingerprint density at radius 2 is 2.00 bits per heavy atom. The molecule has 2 aromatic rings. The van der Waals surface area contributed by atoms with E-state index in [9.17, 15) is 9.18 Å². The van der Waals surface area contributed by atoms with Crippen LogP contribution in [0.15, 0.2) is 30.6 Å². The molecule has 0 radical (unpaired) electrons. The first kappa shape index (κ1) is 11.5.